The summed E-state index contributed by atoms with van der Waals surface area (Å²) in [5.74, 6) is 1.39. The molecule has 3 aromatic heterocycles. The normalized spacial score (nSPS) is 10.7. The molecule has 0 aliphatic rings. The van der Waals surface area contributed by atoms with Gasteiger partial charge in [0.15, 0.2) is 6.61 Å². The molecule has 2 N–H and O–H groups in total. The van der Waals surface area contributed by atoms with Gasteiger partial charge in [0.05, 0.1) is 17.2 Å². The second kappa shape index (κ2) is 10.9. The van der Waals surface area contributed by atoms with Crippen LogP contribution in [0.4, 0.5) is 5.82 Å². The summed E-state index contributed by atoms with van der Waals surface area (Å²) in [6.45, 7) is 2.26. The van der Waals surface area contributed by atoms with Crippen molar-refractivity contribution in [2.75, 3.05) is 18.5 Å². The van der Waals surface area contributed by atoms with E-state index >= 15 is 0 Å². The van der Waals surface area contributed by atoms with Crippen molar-refractivity contribution in [2.24, 2.45) is 0 Å². The number of H-pyrrole nitrogens is 1. The van der Waals surface area contributed by atoms with Crippen LogP contribution in [0.25, 0.3) is 27.8 Å². The average molecular weight is 514 g/mol. The molecular formula is C27H23N5O4S. The summed E-state index contributed by atoms with van der Waals surface area (Å²) < 4.78 is 12.5. The molecule has 0 fully saturated rings. The van der Waals surface area contributed by atoms with E-state index in [2.05, 4.69) is 20.4 Å². The summed E-state index contributed by atoms with van der Waals surface area (Å²) >= 11 is 1.51. The first-order chi connectivity index (χ1) is 18.1. The van der Waals surface area contributed by atoms with Crippen LogP contribution in [0.15, 0.2) is 89.0 Å². The molecule has 5 aromatic rings. The number of nitrogens with one attached hydrogen (secondary N) is 2. The first-order valence-corrected chi connectivity index (χ1v) is 12.4. The molecule has 0 bridgehead atoms. The Kier molecular flexibility index (Phi) is 7.09. The number of rotatable bonds is 9. The quantitative estimate of drug-likeness (QED) is 0.294. The van der Waals surface area contributed by atoms with Gasteiger partial charge in [-0.1, -0.05) is 36.4 Å². The van der Waals surface area contributed by atoms with E-state index in [-0.39, 0.29) is 18.1 Å². The number of benzene rings is 2. The Labute approximate surface area is 216 Å². The lowest BCUT2D eigenvalue weighted by atomic mass is 10.1. The van der Waals surface area contributed by atoms with Crippen molar-refractivity contribution in [2.45, 2.75) is 6.92 Å². The second-order valence-corrected chi connectivity index (χ2v) is 8.81. The first kappa shape index (κ1) is 24.0. The van der Waals surface area contributed by atoms with Gasteiger partial charge in [0.1, 0.15) is 23.0 Å². The largest absolute Gasteiger partial charge is 0.494 e. The Bertz CT molecular complexity index is 1540. The highest BCUT2D eigenvalue weighted by atomic mass is 32.1. The second-order valence-electron chi connectivity index (χ2n) is 7.87. The number of nitrogens with zero attached hydrogens (tertiary/aromatic N) is 3. The van der Waals surface area contributed by atoms with Crippen molar-refractivity contribution in [1.82, 2.24) is 19.7 Å². The number of anilines is 1. The van der Waals surface area contributed by atoms with Crippen molar-refractivity contribution in [3.05, 3.63) is 94.6 Å². The zero-order valence-corrected chi connectivity index (χ0v) is 20.7. The number of aromatic nitrogens is 4. The van der Waals surface area contributed by atoms with Crippen LogP contribution in [-0.2, 0) is 4.79 Å². The van der Waals surface area contributed by atoms with E-state index in [1.54, 1.807) is 30.3 Å². The third-order valence-corrected chi connectivity index (χ3v) is 6.15. The predicted molar refractivity (Wildman–Crippen MR) is 142 cm³/mol. The predicted octanol–water partition coefficient (Wildman–Crippen LogP) is 4.77. The first-order valence-electron chi connectivity index (χ1n) is 11.6. The molecule has 37 heavy (non-hydrogen) atoms. The molecule has 1 amide bonds. The highest BCUT2D eigenvalue weighted by Gasteiger charge is 2.17. The molecule has 0 unspecified atom stereocenters. The molecule has 0 aliphatic carbocycles. The molecule has 0 spiro atoms. The summed E-state index contributed by atoms with van der Waals surface area (Å²) in [4.78, 5) is 33.5. The maximum Gasteiger partial charge on any atom is 0.263 e. The number of aromatic amines is 1. The van der Waals surface area contributed by atoms with E-state index in [0.29, 0.717) is 29.6 Å². The van der Waals surface area contributed by atoms with E-state index in [0.717, 1.165) is 16.2 Å². The Morgan fingerprint density at radius 1 is 0.973 bits per heavy atom. The minimum atomic E-state index is -0.394. The molecule has 2 aromatic carbocycles. The standard InChI is InChI=1S/C27H23N5O4S/c1-2-35-19-10-12-20(13-11-19)36-17-26(34)29-24-15-22(23-9-6-14-37-23)31-32(24)27-28-21(16-25(33)30-27)18-7-4-3-5-8-18/h3-16H,2,17H2,1H3,(H,29,34)(H,28,30,33). The Morgan fingerprint density at radius 2 is 1.73 bits per heavy atom. The number of thiophene rings is 1. The number of amides is 1. The lowest BCUT2D eigenvalue weighted by Crippen LogP contribution is -2.23. The van der Waals surface area contributed by atoms with Gasteiger partial charge in [0.2, 0.25) is 5.95 Å². The number of carbonyl (C=O) groups excluding carboxylic acids is 1. The molecular weight excluding hydrogens is 490 g/mol. The van der Waals surface area contributed by atoms with Gasteiger partial charge in [-0.25, -0.2) is 4.98 Å². The summed E-state index contributed by atoms with van der Waals surface area (Å²) in [5.41, 5.74) is 1.57. The van der Waals surface area contributed by atoms with E-state index in [4.69, 9.17) is 9.47 Å². The van der Waals surface area contributed by atoms with Gasteiger partial charge in [0, 0.05) is 17.7 Å². The topological polar surface area (TPSA) is 111 Å². The van der Waals surface area contributed by atoms with Crippen molar-refractivity contribution in [1.29, 1.82) is 0 Å². The van der Waals surface area contributed by atoms with Crippen LogP contribution < -0.4 is 20.3 Å². The maximum absolute atomic E-state index is 12.8. The molecule has 0 atom stereocenters. The van der Waals surface area contributed by atoms with Crippen LogP contribution >= 0.6 is 11.3 Å². The summed E-state index contributed by atoms with van der Waals surface area (Å²) in [7, 11) is 0. The fourth-order valence-corrected chi connectivity index (χ4v) is 4.29. The lowest BCUT2D eigenvalue weighted by molar-refractivity contribution is -0.118. The smallest absolute Gasteiger partial charge is 0.263 e. The molecule has 0 saturated carbocycles. The fraction of sp³-hybridized carbons (Fsp3) is 0.111. The molecule has 0 aliphatic heterocycles. The average Bonchev–Trinajstić information content (AvgIpc) is 3.59. The SMILES string of the molecule is CCOc1ccc(OCC(=O)Nc2cc(-c3cccs3)nn2-c2nc(-c3ccccc3)cc(=O)[nH]2)cc1. The van der Waals surface area contributed by atoms with Gasteiger partial charge in [-0.3, -0.25) is 14.6 Å². The van der Waals surface area contributed by atoms with E-state index in [1.165, 1.54) is 22.1 Å². The Morgan fingerprint density at radius 3 is 2.43 bits per heavy atom. The van der Waals surface area contributed by atoms with Crippen molar-refractivity contribution in [3.63, 3.8) is 0 Å². The van der Waals surface area contributed by atoms with Crippen LogP contribution in [-0.4, -0.2) is 38.9 Å². The highest BCUT2D eigenvalue weighted by molar-refractivity contribution is 7.13. The van der Waals surface area contributed by atoms with Crippen LogP contribution in [0.2, 0.25) is 0 Å². The van der Waals surface area contributed by atoms with Crippen molar-refractivity contribution >= 4 is 23.1 Å². The Hall–Kier alpha value is -4.70. The van der Waals surface area contributed by atoms with Gasteiger partial charge in [-0.15, -0.1) is 11.3 Å². The molecule has 0 radical (unpaired) electrons. The van der Waals surface area contributed by atoms with Gasteiger partial charge >= 0.3 is 0 Å². The van der Waals surface area contributed by atoms with Gasteiger partial charge in [0.25, 0.3) is 11.5 Å². The van der Waals surface area contributed by atoms with E-state index in [9.17, 15) is 9.59 Å². The van der Waals surface area contributed by atoms with Gasteiger partial charge in [-0.2, -0.15) is 9.78 Å². The van der Waals surface area contributed by atoms with Crippen molar-refractivity contribution in [3.8, 4) is 39.3 Å². The molecule has 9 nitrogen and oxygen atoms in total. The van der Waals surface area contributed by atoms with Crippen molar-refractivity contribution < 1.29 is 14.3 Å². The third kappa shape index (κ3) is 5.76. The summed E-state index contributed by atoms with van der Waals surface area (Å²) in [5, 5.41) is 9.39. The number of hydrogen-bond acceptors (Lipinski definition) is 7. The van der Waals surface area contributed by atoms with Gasteiger partial charge in [-0.05, 0) is 42.6 Å². The minimum absolute atomic E-state index is 0.178. The molecule has 3 heterocycles. The molecule has 5 rings (SSSR count). The molecule has 0 saturated heterocycles. The minimum Gasteiger partial charge on any atom is -0.494 e. The zero-order chi connectivity index (χ0) is 25.6. The maximum atomic E-state index is 12.8. The van der Waals surface area contributed by atoms with Crippen LogP contribution in [0.1, 0.15) is 6.92 Å². The van der Waals surface area contributed by atoms with Gasteiger partial charge < -0.3 is 14.8 Å². The molecule has 186 valence electrons. The number of carbonyl (C=O) groups is 1. The number of ether oxygens (including phenoxy) is 2. The van der Waals surface area contributed by atoms with Crippen LogP contribution in [0.5, 0.6) is 11.5 Å². The Balaban J connectivity index is 1.41. The fourth-order valence-electron chi connectivity index (χ4n) is 3.60. The van der Waals surface area contributed by atoms with E-state index in [1.807, 2.05) is 54.8 Å². The highest BCUT2D eigenvalue weighted by Crippen LogP contribution is 2.28. The molecule has 10 heteroatoms. The monoisotopic (exact) mass is 513 g/mol. The number of hydrogen-bond donors (Lipinski definition) is 2. The summed E-state index contributed by atoms with van der Waals surface area (Å²) in [6.07, 6.45) is 0. The van der Waals surface area contributed by atoms with E-state index < -0.39 is 5.91 Å². The summed E-state index contributed by atoms with van der Waals surface area (Å²) in [6, 6.07) is 23.4. The van der Waals surface area contributed by atoms with Crippen LogP contribution in [0, 0.1) is 0 Å². The lowest BCUT2D eigenvalue weighted by Gasteiger charge is -2.10. The third-order valence-electron chi connectivity index (χ3n) is 5.25. The zero-order valence-electron chi connectivity index (χ0n) is 19.9. The van der Waals surface area contributed by atoms with Crippen LogP contribution in [0.3, 0.4) is 0 Å².